The average Bonchev–Trinajstić information content (AvgIpc) is 2.68. The molecule has 0 spiro atoms. The van der Waals surface area contributed by atoms with E-state index < -0.39 is 5.60 Å². The molecule has 174 valence electrons. The van der Waals surface area contributed by atoms with Crippen molar-refractivity contribution < 1.29 is 14.2 Å². The number of anilines is 1. The van der Waals surface area contributed by atoms with Gasteiger partial charge in [0.05, 0.1) is 11.7 Å². The smallest absolute Gasteiger partial charge is 0.123 e. The van der Waals surface area contributed by atoms with Gasteiger partial charge in [-0.15, -0.1) is 24.8 Å². The number of rotatable bonds is 8. The van der Waals surface area contributed by atoms with Gasteiger partial charge >= 0.3 is 0 Å². The summed E-state index contributed by atoms with van der Waals surface area (Å²) in [6, 6.07) is 14.9. The molecule has 0 atom stereocenters. The van der Waals surface area contributed by atoms with Crippen LogP contribution in [0.2, 0.25) is 0 Å². The van der Waals surface area contributed by atoms with E-state index in [-0.39, 0.29) is 36.7 Å². The Morgan fingerprint density at radius 1 is 1.10 bits per heavy atom. The maximum Gasteiger partial charge on any atom is 0.123 e. The lowest BCUT2D eigenvalue weighted by Gasteiger charge is -2.39. The fraction of sp³-hybridized carbons (Fsp3) is 0.500. The van der Waals surface area contributed by atoms with Gasteiger partial charge in [-0.25, -0.2) is 4.39 Å². The normalized spacial score (nSPS) is 15.7. The second kappa shape index (κ2) is 12.5. The maximum absolute atomic E-state index is 13.4. The molecule has 2 aromatic carbocycles. The minimum absolute atomic E-state index is 0. The summed E-state index contributed by atoms with van der Waals surface area (Å²) in [5, 5.41) is 11.0. The highest BCUT2D eigenvalue weighted by molar-refractivity contribution is 5.85. The van der Waals surface area contributed by atoms with Gasteiger partial charge in [-0.2, -0.15) is 0 Å². The standard InChI is InChI=1S/C24H33FN2O2.2ClH/c1-19(2)29-23-9-7-22(8-10-23)26(3)14-11-24(28)12-15-27(16-13-24)18-20-5-4-6-21(25)17-20;;/h4-10,17,19,28H,11-16,18H2,1-3H3;2*1H. The number of likely N-dealkylation sites (tertiary alicyclic amines) is 1. The van der Waals surface area contributed by atoms with Crippen LogP contribution in [0, 0.1) is 5.82 Å². The Balaban J connectivity index is 0.00000240. The SMILES string of the molecule is CC(C)Oc1ccc(N(C)CCC2(O)CCN(Cc3cccc(F)c3)CC2)cc1.Cl.Cl. The van der Waals surface area contributed by atoms with Crippen molar-refractivity contribution in [2.45, 2.75) is 51.4 Å². The van der Waals surface area contributed by atoms with E-state index in [4.69, 9.17) is 4.74 Å². The summed E-state index contributed by atoms with van der Waals surface area (Å²) in [5.41, 5.74) is 1.47. The Bertz CT molecular complexity index is 781. The minimum atomic E-state index is -0.632. The van der Waals surface area contributed by atoms with Gasteiger partial charge in [0.1, 0.15) is 11.6 Å². The van der Waals surface area contributed by atoms with Crippen LogP contribution >= 0.6 is 24.8 Å². The predicted molar refractivity (Wildman–Crippen MR) is 130 cm³/mol. The first kappa shape index (κ1) is 27.5. The molecule has 1 aliphatic heterocycles. The van der Waals surface area contributed by atoms with Crippen molar-refractivity contribution in [3.8, 4) is 5.75 Å². The van der Waals surface area contributed by atoms with Crippen LogP contribution in [0.3, 0.4) is 0 Å². The van der Waals surface area contributed by atoms with Crippen molar-refractivity contribution in [3.63, 3.8) is 0 Å². The number of hydrogen-bond donors (Lipinski definition) is 1. The van der Waals surface area contributed by atoms with E-state index in [1.807, 2.05) is 32.0 Å². The number of nitrogens with zero attached hydrogens (tertiary/aromatic N) is 2. The highest BCUT2D eigenvalue weighted by atomic mass is 35.5. The molecule has 31 heavy (non-hydrogen) atoms. The Morgan fingerprint density at radius 3 is 2.32 bits per heavy atom. The molecule has 3 rings (SSSR count). The summed E-state index contributed by atoms with van der Waals surface area (Å²) in [6.07, 6.45) is 2.40. The zero-order valence-electron chi connectivity index (χ0n) is 18.6. The van der Waals surface area contributed by atoms with Crippen LogP contribution < -0.4 is 9.64 Å². The summed E-state index contributed by atoms with van der Waals surface area (Å²) < 4.78 is 19.1. The maximum atomic E-state index is 13.4. The molecule has 0 aliphatic carbocycles. The molecule has 1 fully saturated rings. The molecule has 1 heterocycles. The fourth-order valence-corrected chi connectivity index (χ4v) is 3.83. The van der Waals surface area contributed by atoms with Crippen molar-refractivity contribution in [1.29, 1.82) is 0 Å². The molecule has 1 N–H and O–H groups in total. The highest BCUT2D eigenvalue weighted by Gasteiger charge is 2.32. The van der Waals surface area contributed by atoms with Gasteiger partial charge in [0, 0.05) is 38.9 Å². The highest BCUT2D eigenvalue weighted by Crippen LogP contribution is 2.28. The van der Waals surface area contributed by atoms with Gasteiger partial charge in [0.25, 0.3) is 0 Å². The fourth-order valence-electron chi connectivity index (χ4n) is 3.83. The van der Waals surface area contributed by atoms with E-state index >= 15 is 0 Å². The molecule has 1 aliphatic rings. The Hall–Kier alpha value is -1.53. The monoisotopic (exact) mass is 472 g/mol. The molecule has 1 saturated heterocycles. The molecule has 4 nitrogen and oxygen atoms in total. The third-order valence-electron chi connectivity index (χ3n) is 5.64. The van der Waals surface area contributed by atoms with Crippen molar-refractivity contribution in [2.24, 2.45) is 0 Å². The van der Waals surface area contributed by atoms with Crippen LogP contribution in [0.25, 0.3) is 0 Å². The first-order valence-corrected chi connectivity index (χ1v) is 10.5. The molecule has 7 heteroatoms. The Morgan fingerprint density at radius 2 is 1.74 bits per heavy atom. The first-order chi connectivity index (χ1) is 13.8. The number of aliphatic hydroxyl groups is 1. The van der Waals surface area contributed by atoms with Gasteiger partial charge in [-0.1, -0.05) is 12.1 Å². The lowest BCUT2D eigenvalue weighted by Crippen LogP contribution is -2.45. The third kappa shape index (κ3) is 8.49. The molecule has 0 amide bonds. The van der Waals surface area contributed by atoms with Crippen molar-refractivity contribution in [1.82, 2.24) is 4.90 Å². The Labute approximate surface area is 198 Å². The molecule has 0 radical (unpaired) electrons. The number of halogens is 3. The van der Waals surface area contributed by atoms with Crippen molar-refractivity contribution in [3.05, 3.63) is 59.9 Å². The average molecular weight is 473 g/mol. The van der Waals surface area contributed by atoms with E-state index in [0.717, 1.165) is 62.4 Å². The van der Waals surface area contributed by atoms with Crippen LogP contribution in [0.15, 0.2) is 48.5 Å². The number of hydrogen-bond acceptors (Lipinski definition) is 4. The van der Waals surface area contributed by atoms with Gasteiger partial charge in [-0.05, 0) is 75.1 Å². The number of benzene rings is 2. The van der Waals surface area contributed by atoms with Gasteiger partial charge < -0.3 is 14.7 Å². The summed E-state index contributed by atoms with van der Waals surface area (Å²) in [6.45, 7) is 7.23. The lowest BCUT2D eigenvalue weighted by atomic mass is 9.88. The minimum Gasteiger partial charge on any atom is -0.491 e. The number of piperidine rings is 1. The zero-order valence-corrected chi connectivity index (χ0v) is 20.2. The number of ether oxygens (including phenoxy) is 1. The zero-order chi connectivity index (χ0) is 20.9. The summed E-state index contributed by atoms with van der Waals surface area (Å²) >= 11 is 0. The topological polar surface area (TPSA) is 35.9 Å². The predicted octanol–water partition coefficient (Wildman–Crippen LogP) is 5.31. The second-order valence-electron chi connectivity index (χ2n) is 8.46. The van der Waals surface area contributed by atoms with E-state index in [0.29, 0.717) is 0 Å². The quantitative estimate of drug-likeness (QED) is 0.564. The molecule has 0 unspecified atom stereocenters. The van der Waals surface area contributed by atoms with Gasteiger partial charge in [0.2, 0.25) is 0 Å². The van der Waals surface area contributed by atoms with Crippen molar-refractivity contribution >= 4 is 30.5 Å². The Kier molecular flexibility index (Phi) is 11.1. The molecule has 2 aromatic rings. The van der Waals surface area contributed by atoms with Crippen LogP contribution in [0.1, 0.15) is 38.7 Å². The van der Waals surface area contributed by atoms with Crippen LogP contribution in [0.5, 0.6) is 5.75 Å². The van der Waals surface area contributed by atoms with E-state index in [1.165, 1.54) is 6.07 Å². The lowest BCUT2D eigenvalue weighted by molar-refractivity contribution is -0.0275. The van der Waals surface area contributed by atoms with Gasteiger partial charge in [-0.3, -0.25) is 4.90 Å². The van der Waals surface area contributed by atoms with Crippen LogP contribution in [-0.2, 0) is 6.54 Å². The summed E-state index contributed by atoms with van der Waals surface area (Å²) in [4.78, 5) is 4.47. The molecule has 0 saturated carbocycles. The van der Waals surface area contributed by atoms with Crippen molar-refractivity contribution in [2.75, 3.05) is 31.6 Å². The molecule has 0 aromatic heterocycles. The van der Waals surface area contributed by atoms with E-state index in [2.05, 4.69) is 29.0 Å². The van der Waals surface area contributed by atoms with E-state index in [1.54, 1.807) is 12.1 Å². The summed E-state index contributed by atoms with van der Waals surface area (Å²) in [7, 11) is 2.06. The molecular weight excluding hydrogens is 438 g/mol. The molecule has 0 bridgehead atoms. The first-order valence-electron chi connectivity index (χ1n) is 10.5. The largest absolute Gasteiger partial charge is 0.491 e. The van der Waals surface area contributed by atoms with Crippen LogP contribution in [0.4, 0.5) is 10.1 Å². The van der Waals surface area contributed by atoms with Crippen LogP contribution in [-0.4, -0.2) is 48.4 Å². The second-order valence-corrected chi connectivity index (χ2v) is 8.46. The summed E-state index contributed by atoms with van der Waals surface area (Å²) in [5.74, 6) is 0.685. The van der Waals surface area contributed by atoms with E-state index in [9.17, 15) is 9.50 Å². The van der Waals surface area contributed by atoms with Gasteiger partial charge in [0.15, 0.2) is 0 Å². The molecular formula is C24H35Cl2FN2O2. The third-order valence-corrected chi connectivity index (χ3v) is 5.64.